The molecule has 0 saturated heterocycles. The van der Waals surface area contributed by atoms with Gasteiger partial charge in [-0.3, -0.25) is 0 Å². The van der Waals surface area contributed by atoms with Gasteiger partial charge in [0.05, 0.1) is 7.11 Å². The van der Waals surface area contributed by atoms with E-state index in [0.717, 1.165) is 23.4 Å². The van der Waals surface area contributed by atoms with Gasteiger partial charge in [0.25, 0.3) is 0 Å². The van der Waals surface area contributed by atoms with Crippen LogP contribution in [0.5, 0.6) is 5.75 Å². The number of ether oxygens (including phenoxy) is 1. The number of hydrogen-bond donors (Lipinski definition) is 1. The number of aryl methyl sites for hydroxylation is 1. The summed E-state index contributed by atoms with van der Waals surface area (Å²) in [6.07, 6.45) is 0.672. The number of benzene rings is 2. The van der Waals surface area contributed by atoms with Gasteiger partial charge in [-0.05, 0) is 44.5 Å². The zero-order valence-electron chi connectivity index (χ0n) is 12.8. The van der Waals surface area contributed by atoms with E-state index < -0.39 is 0 Å². The Morgan fingerprint density at radius 2 is 1.95 bits per heavy atom. The number of halogens is 1. The van der Waals surface area contributed by atoms with Crippen molar-refractivity contribution in [1.29, 1.82) is 0 Å². The molecule has 21 heavy (non-hydrogen) atoms. The van der Waals surface area contributed by atoms with Crippen molar-refractivity contribution >= 4 is 0 Å². The molecule has 0 amide bonds. The van der Waals surface area contributed by atoms with E-state index >= 15 is 0 Å². The fourth-order valence-electron chi connectivity index (χ4n) is 2.43. The average molecular weight is 287 g/mol. The van der Waals surface area contributed by atoms with Crippen LogP contribution in [-0.4, -0.2) is 13.7 Å². The number of rotatable bonds is 6. The van der Waals surface area contributed by atoms with Crippen molar-refractivity contribution in [1.82, 2.24) is 5.32 Å². The summed E-state index contributed by atoms with van der Waals surface area (Å²) < 4.78 is 19.0. The van der Waals surface area contributed by atoms with E-state index in [0.29, 0.717) is 6.42 Å². The largest absolute Gasteiger partial charge is 0.496 e. The Bertz CT molecular complexity index is 598. The standard InChI is InChI=1S/C18H22FNO/c1-13-8-9-18(21-3)16(12-13)14(2)20-11-10-15-6-4-5-7-17(15)19/h4-9,12,14,20H,10-11H2,1-3H3. The average Bonchev–Trinajstić information content (AvgIpc) is 2.49. The lowest BCUT2D eigenvalue weighted by molar-refractivity contribution is 0.401. The Hall–Kier alpha value is -1.87. The van der Waals surface area contributed by atoms with Crippen LogP contribution in [0, 0.1) is 12.7 Å². The molecule has 1 N–H and O–H groups in total. The quantitative estimate of drug-likeness (QED) is 0.866. The third-order valence-corrected chi connectivity index (χ3v) is 3.65. The molecular weight excluding hydrogens is 265 g/mol. The van der Waals surface area contributed by atoms with Gasteiger partial charge in [-0.1, -0.05) is 35.9 Å². The highest BCUT2D eigenvalue weighted by Crippen LogP contribution is 2.26. The second-order valence-corrected chi connectivity index (χ2v) is 5.26. The molecule has 1 atom stereocenters. The van der Waals surface area contributed by atoms with Gasteiger partial charge in [0, 0.05) is 11.6 Å². The third-order valence-electron chi connectivity index (χ3n) is 3.65. The van der Waals surface area contributed by atoms with Gasteiger partial charge in [-0.2, -0.15) is 0 Å². The van der Waals surface area contributed by atoms with Crippen LogP contribution < -0.4 is 10.1 Å². The lowest BCUT2D eigenvalue weighted by Gasteiger charge is -2.18. The molecule has 0 fully saturated rings. The van der Waals surface area contributed by atoms with Gasteiger partial charge in [0.1, 0.15) is 11.6 Å². The number of nitrogens with one attached hydrogen (secondary N) is 1. The van der Waals surface area contributed by atoms with E-state index in [-0.39, 0.29) is 11.9 Å². The Morgan fingerprint density at radius 1 is 1.19 bits per heavy atom. The van der Waals surface area contributed by atoms with Crippen molar-refractivity contribution in [2.45, 2.75) is 26.3 Å². The molecule has 0 radical (unpaired) electrons. The van der Waals surface area contributed by atoms with Crippen LogP contribution in [-0.2, 0) is 6.42 Å². The van der Waals surface area contributed by atoms with Crippen molar-refractivity contribution < 1.29 is 9.13 Å². The summed E-state index contributed by atoms with van der Waals surface area (Å²) in [5.41, 5.74) is 3.08. The predicted molar refractivity (Wildman–Crippen MR) is 84.3 cm³/mol. The lowest BCUT2D eigenvalue weighted by Crippen LogP contribution is -2.22. The maximum Gasteiger partial charge on any atom is 0.126 e. The highest BCUT2D eigenvalue weighted by molar-refractivity contribution is 5.38. The molecule has 0 heterocycles. The first-order valence-corrected chi connectivity index (χ1v) is 7.23. The molecule has 2 aromatic carbocycles. The van der Waals surface area contributed by atoms with Crippen molar-refractivity contribution in [3.63, 3.8) is 0 Å². The van der Waals surface area contributed by atoms with E-state index in [1.807, 2.05) is 24.3 Å². The van der Waals surface area contributed by atoms with Gasteiger partial charge in [-0.15, -0.1) is 0 Å². The summed E-state index contributed by atoms with van der Waals surface area (Å²) in [5.74, 6) is 0.742. The molecule has 0 aliphatic carbocycles. The number of methoxy groups -OCH3 is 1. The predicted octanol–water partition coefficient (Wildman–Crippen LogP) is 4.04. The molecular formula is C18H22FNO. The maximum absolute atomic E-state index is 13.6. The highest BCUT2D eigenvalue weighted by atomic mass is 19.1. The Labute approximate surface area is 126 Å². The monoisotopic (exact) mass is 287 g/mol. The summed E-state index contributed by atoms with van der Waals surface area (Å²) in [4.78, 5) is 0. The van der Waals surface area contributed by atoms with Gasteiger partial charge < -0.3 is 10.1 Å². The van der Waals surface area contributed by atoms with Crippen LogP contribution in [0.2, 0.25) is 0 Å². The Morgan fingerprint density at radius 3 is 2.67 bits per heavy atom. The van der Waals surface area contributed by atoms with Gasteiger partial charge in [0.2, 0.25) is 0 Å². The van der Waals surface area contributed by atoms with E-state index in [1.54, 1.807) is 13.2 Å². The summed E-state index contributed by atoms with van der Waals surface area (Å²) >= 11 is 0. The highest BCUT2D eigenvalue weighted by Gasteiger charge is 2.11. The summed E-state index contributed by atoms with van der Waals surface area (Å²) in [5, 5.41) is 3.43. The number of hydrogen-bond acceptors (Lipinski definition) is 2. The lowest BCUT2D eigenvalue weighted by atomic mass is 10.0. The zero-order chi connectivity index (χ0) is 15.2. The normalized spacial score (nSPS) is 12.2. The molecule has 0 spiro atoms. The Balaban J connectivity index is 1.97. The first kappa shape index (κ1) is 15.5. The molecule has 0 aliphatic heterocycles. The van der Waals surface area contributed by atoms with Crippen LogP contribution >= 0.6 is 0 Å². The van der Waals surface area contributed by atoms with Gasteiger partial charge in [0.15, 0.2) is 0 Å². The summed E-state index contributed by atoms with van der Waals surface area (Å²) in [6, 6.07) is 13.2. The van der Waals surface area contributed by atoms with Crippen LogP contribution in [0.4, 0.5) is 4.39 Å². The SMILES string of the molecule is COc1ccc(C)cc1C(C)NCCc1ccccc1F. The van der Waals surface area contributed by atoms with E-state index in [2.05, 4.69) is 25.2 Å². The maximum atomic E-state index is 13.6. The molecule has 1 unspecified atom stereocenters. The summed E-state index contributed by atoms with van der Waals surface area (Å²) in [7, 11) is 1.68. The topological polar surface area (TPSA) is 21.3 Å². The Kier molecular flexibility index (Phi) is 5.34. The minimum absolute atomic E-state index is 0.139. The smallest absolute Gasteiger partial charge is 0.126 e. The molecule has 2 nitrogen and oxygen atoms in total. The second kappa shape index (κ2) is 7.23. The molecule has 0 aromatic heterocycles. The van der Waals surface area contributed by atoms with Crippen molar-refractivity contribution in [2.24, 2.45) is 0 Å². The van der Waals surface area contributed by atoms with Crippen molar-refractivity contribution in [3.05, 3.63) is 65.0 Å². The van der Waals surface area contributed by atoms with Crippen LogP contribution in [0.25, 0.3) is 0 Å². The van der Waals surface area contributed by atoms with E-state index in [4.69, 9.17) is 4.74 Å². The van der Waals surface area contributed by atoms with Crippen molar-refractivity contribution in [3.8, 4) is 5.75 Å². The minimum Gasteiger partial charge on any atom is -0.496 e. The first-order valence-electron chi connectivity index (χ1n) is 7.23. The van der Waals surface area contributed by atoms with Crippen LogP contribution in [0.1, 0.15) is 29.7 Å². The molecule has 2 aromatic rings. The van der Waals surface area contributed by atoms with Gasteiger partial charge in [-0.25, -0.2) is 4.39 Å². The fourth-order valence-corrected chi connectivity index (χ4v) is 2.43. The van der Waals surface area contributed by atoms with E-state index in [1.165, 1.54) is 11.6 Å². The molecule has 0 aliphatic rings. The van der Waals surface area contributed by atoms with Crippen LogP contribution in [0.15, 0.2) is 42.5 Å². The summed E-state index contributed by atoms with van der Waals surface area (Å²) in [6.45, 7) is 4.88. The van der Waals surface area contributed by atoms with Gasteiger partial charge >= 0.3 is 0 Å². The molecule has 2 rings (SSSR count). The molecule has 3 heteroatoms. The fraction of sp³-hybridized carbons (Fsp3) is 0.333. The molecule has 0 saturated carbocycles. The van der Waals surface area contributed by atoms with Crippen LogP contribution in [0.3, 0.4) is 0 Å². The minimum atomic E-state index is -0.139. The second-order valence-electron chi connectivity index (χ2n) is 5.26. The van der Waals surface area contributed by atoms with Crippen molar-refractivity contribution in [2.75, 3.05) is 13.7 Å². The third kappa shape index (κ3) is 4.05. The molecule has 0 bridgehead atoms. The first-order chi connectivity index (χ1) is 10.1. The zero-order valence-corrected chi connectivity index (χ0v) is 12.8. The van der Waals surface area contributed by atoms with E-state index in [9.17, 15) is 4.39 Å². The molecule has 112 valence electrons.